The van der Waals surface area contributed by atoms with Crippen LogP contribution in [0, 0.1) is 0 Å². The predicted molar refractivity (Wildman–Crippen MR) is 84.2 cm³/mol. The van der Waals surface area contributed by atoms with Gasteiger partial charge in [0.05, 0.1) is 13.3 Å². The van der Waals surface area contributed by atoms with Crippen molar-refractivity contribution >= 4 is 12.1 Å². The molecule has 0 fully saturated rings. The number of aromatic hydroxyl groups is 1. The Kier molecular flexibility index (Phi) is 5.45. The highest BCUT2D eigenvalue weighted by molar-refractivity contribution is 5.83. The molecule has 10 heteroatoms. The molecule has 0 saturated carbocycles. The third-order valence-electron chi connectivity index (χ3n) is 2.98. The van der Waals surface area contributed by atoms with Crippen molar-refractivity contribution in [3.8, 4) is 11.5 Å². The summed E-state index contributed by atoms with van der Waals surface area (Å²) in [6, 6.07) is 4.59. The number of hydrogen-bond acceptors (Lipinski definition) is 7. The number of H-pyrrole nitrogens is 2. The van der Waals surface area contributed by atoms with Crippen LogP contribution in [-0.4, -0.2) is 39.5 Å². The number of ether oxygens (including phenoxy) is 1. The van der Waals surface area contributed by atoms with Gasteiger partial charge in [0, 0.05) is 12.8 Å². The maximum atomic E-state index is 11.7. The van der Waals surface area contributed by atoms with Crippen LogP contribution >= 0.6 is 0 Å². The fraction of sp³-hybridized carbons (Fsp3) is 0.214. The zero-order valence-corrected chi connectivity index (χ0v) is 12.7. The predicted octanol–water partition coefficient (Wildman–Crippen LogP) is -0.745. The van der Waals surface area contributed by atoms with E-state index in [1.54, 1.807) is 12.1 Å². The number of nitrogens with zero attached hydrogens (tertiary/aromatic N) is 2. The Morgan fingerprint density at radius 2 is 2.25 bits per heavy atom. The number of aromatic amines is 2. The molecule has 0 bridgehead atoms. The van der Waals surface area contributed by atoms with Crippen molar-refractivity contribution in [2.75, 3.05) is 7.11 Å². The van der Waals surface area contributed by atoms with Crippen LogP contribution in [0.3, 0.4) is 0 Å². The third kappa shape index (κ3) is 4.53. The van der Waals surface area contributed by atoms with E-state index < -0.39 is 17.2 Å². The van der Waals surface area contributed by atoms with E-state index >= 15 is 0 Å². The van der Waals surface area contributed by atoms with Crippen molar-refractivity contribution in [3.05, 3.63) is 50.3 Å². The number of amides is 1. The quantitative estimate of drug-likeness (QED) is 0.404. The summed E-state index contributed by atoms with van der Waals surface area (Å²) in [5, 5.41) is 18.9. The Balaban J connectivity index is 1.88. The van der Waals surface area contributed by atoms with Gasteiger partial charge in [0.2, 0.25) is 5.91 Å². The Hall–Kier alpha value is -3.43. The summed E-state index contributed by atoms with van der Waals surface area (Å²) in [5.74, 6) is -0.143. The number of phenols is 1. The van der Waals surface area contributed by atoms with Gasteiger partial charge in [0.25, 0.3) is 5.56 Å². The highest BCUT2D eigenvalue weighted by Crippen LogP contribution is 2.25. The van der Waals surface area contributed by atoms with Gasteiger partial charge in [-0.1, -0.05) is 0 Å². The summed E-state index contributed by atoms with van der Waals surface area (Å²) in [5.41, 5.74) is 1.63. The van der Waals surface area contributed by atoms with Gasteiger partial charge in [-0.05, 0) is 23.8 Å². The first kappa shape index (κ1) is 16.9. The van der Waals surface area contributed by atoms with Gasteiger partial charge in [-0.15, -0.1) is 0 Å². The standard InChI is InChI=1S/C14H15N5O5/c1-24-11-6-8(2-4-10(11)20)7-15-18-12(21)5-3-9-13(22)16-14(23)19-17-9/h2,4,6-7,20H,3,5H2,1H3,(H,18,21)(H2,16,19,22,23)/b15-7+. The summed E-state index contributed by atoms with van der Waals surface area (Å²) in [6.45, 7) is 0. The summed E-state index contributed by atoms with van der Waals surface area (Å²) < 4.78 is 4.96. The highest BCUT2D eigenvalue weighted by atomic mass is 16.5. The first-order chi connectivity index (χ1) is 11.5. The number of aromatic nitrogens is 3. The van der Waals surface area contributed by atoms with Crippen LogP contribution < -0.4 is 21.4 Å². The second kappa shape index (κ2) is 7.72. The molecule has 24 heavy (non-hydrogen) atoms. The van der Waals surface area contributed by atoms with Gasteiger partial charge in [0.15, 0.2) is 11.5 Å². The highest BCUT2D eigenvalue weighted by Gasteiger charge is 2.06. The van der Waals surface area contributed by atoms with E-state index in [1.165, 1.54) is 19.4 Å². The molecule has 0 atom stereocenters. The van der Waals surface area contributed by atoms with Crippen molar-refractivity contribution < 1.29 is 14.6 Å². The molecule has 1 aromatic heterocycles. The molecule has 2 aromatic rings. The van der Waals surface area contributed by atoms with E-state index in [1.807, 2.05) is 4.98 Å². The van der Waals surface area contributed by atoms with Crippen LogP contribution in [0.1, 0.15) is 17.7 Å². The number of carbonyl (C=O) groups is 1. The maximum Gasteiger partial charge on any atom is 0.342 e. The summed E-state index contributed by atoms with van der Waals surface area (Å²) in [7, 11) is 1.42. The minimum absolute atomic E-state index is 0.00249. The second-order valence-electron chi connectivity index (χ2n) is 4.68. The van der Waals surface area contributed by atoms with Crippen LogP contribution in [0.2, 0.25) is 0 Å². The lowest BCUT2D eigenvalue weighted by Gasteiger charge is -2.03. The molecular weight excluding hydrogens is 318 g/mol. The van der Waals surface area contributed by atoms with E-state index in [-0.39, 0.29) is 30.0 Å². The lowest BCUT2D eigenvalue weighted by Crippen LogP contribution is -2.28. The van der Waals surface area contributed by atoms with E-state index in [0.29, 0.717) is 5.56 Å². The molecule has 0 aliphatic rings. The number of hydrazone groups is 1. The molecule has 1 amide bonds. The number of phenolic OH excluding ortho intramolecular Hbond substituents is 1. The van der Waals surface area contributed by atoms with E-state index in [2.05, 4.69) is 20.7 Å². The van der Waals surface area contributed by atoms with Gasteiger partial charge >= 0.3 is 5.69 Å². The van der Waals surface area contributed by atoms with Crippen LogP contribution in [-0.2, 0) is 11.2 Å². The fourth-order valence-corrected chi connectivity index (χ4v) is 1.78. The van der Waals surface area contributed by atoms with Gasteiger partial charge < -0.3 is 9.84 Å². The molecule has 0 aliphatic carbocycles. The van der Waals surface area contributed by atoms with Crippen molar-refractivity contribution in [2.45, 2.75) is 12.8 Å². The van der Waals surface area contributed by atoms with Crippen LogP contribution in [0.4, 0.5) is 0 Å². The Labute approximate surface area is 135 Å². The van der Waals surface area contributed by atoms with Gasteiger partial charge in [-0.2, -0.15) is 10.2 Å². The SMILES string of the molecule is COc1cc(/C=N/NC(=O)CCc2n[nH]c(=O)[nH]c2=O)ccc1O. The first-order valence-corrected chi connectivity index (χ1v) is 6.86. The zero-order valence-electron chi connectivity index (χ0n) is 12.7. The first-order valence-electron chi connectivity index (χ1n) is 6.86. The van der Waals surface area contributed by atoms with Gasteiger partial charge in [0.1, 0.15) is 5.69 Å². The Morgan fingerprint density at radius 3 is 2.96 bits per heavy atom. The molecule has 0 spiro atoms. The molecule has 0 unspecified atom stereocenters. The number of carbonyl (C=O) groups excluding carboxylic acids is 1. The molecular formula is C14H15N5O5. The van der Waals surface area contributed by atoms with Crippen molar-refractivity contribution in [1.82, 2.24) is 20.6 Å². The van der Waals surface area contributed by atoms with E-state index in [0.717, 1.165) is 0 Å². The van der Waals surface area contributed by atoms with E-state index in [4.69, 9.17) is 4.74 Å². The summed E-state index contributed by atoms with van der Waals surface area (Å²) >= 11 is 0. The summed E-state index contributed by atoms with van der Waals surface area (Å²) in [6.07, 6.45) is 1.41. The lowest BCUT2D eigenvalue weighted by atomic mass is 10.2. The molecule has 4 N–H and O–H groups in total. The zero-order chi connectivity index (χ0) is 17.5. The average molecular weight is 333 g/mol. The third-order valence-corrected chi connectivity index (χ3v) is 2.98. The minimum Gasteiger partial charge on any atom is -0.504 e. The van der Waals surface area contributed by atoms with Crippen molar-refractivity contribution in [3.63, 3.8) is 0 Å². The fourth-order valence-electron chi connectivity index (χ4n) is 1.78. The Bertz CT molecular complexity index is 870. The number of benzene rings is 1. The monoisotopic (exact) mass is 333 g/mol. The molecule has 0 radical (unpaired) electrons. The second-order valence-corrected chi connectivity index (χ2v) is 4.68. The largest absolute Gasteiger partial charge is 0.504 e. The Morgan fingerprint density at radius 1 is 1.46 bits per heavy atom. The normalized spacial score (nSPS) is 10.7. The van der Waals surface area contributed by atoms with Crippen LogP contribution in [0.15, 0.2) is 32.9 Å². The van der Waals surface area contributed by atoms with Gasteiger partial charge in [-0.25, -0.2) is 15.3 Å². The molecule has 1 heterocycles. The van der Waals surface area contributed by atoms with Crippen molar-refractivity contribution in [2.24, 2.45) is 5.10 Å². The minimum atomic E-state index is -0.706. The number of aryl methyl sites for hydroxylation is 1. The van der Waals surface area contributed by atoms with Crippen molar-refractivity contribution in [1.29, 1.82) is 0 Å². The van der Waals surface area contributed by atoms with Gasteiger partial charge in [-0.3, -0.25) is 14.6 Å². The number of rotatable bonds is 6. The maximum absolute atomic E-state index is 11.7. The smallest absolute Gasteiger partial charge is 0.342 e. The molecule has 2 rings (SSSR count). The molecule has 10 nitrogen and oxygen atoms in total. The van der Waals surface area contributed by atoms with Crippen LogP contribution in [0.25, 0.3) is 0 Å². The average Bonchev–Trinajstić information content (AvgIpc) is 2.55. The number of methoxy groups -OCH3 is 1. The number of nitrogens with one attached hydrogen (secondary N) is 3. The van der Waals surface area contributed by atoms with E-state index in [9.17, 15) is 19.5 Å². The lowest BCUT2D eigenvalue weighted by molar-refractivity contribution is -0.121. The topological polar surface area (TPSA) is 150 Å². The summed E-state index contributed by atoms with van der Waals surface area (Å²) in [4.78, 5) is 35.9. The number of hydrogen-bond donors (Lipinski definition) is 4. The van der Waals surface area contributed by atoms with Crippen LogP contribution in [0.5, 0.6) is 11.5 Å². The molecule has 0 aliphatic heterocycles. The molecule has 126 valence electrons. The molecule has 1 aromatic carbocycles. The molecule has 0 saturated heterocycles.